The first kappa shape index (κ1) is 23.5. The highest BCUT2D eigenvalue weighted by Gasteiger charge is 2.60. The number of hydrogen-bond donors (Lipinski definition) is 1. The van der Waals surface area contributed by atoms with E-state index in [9.17, 15) is 17.6 Å². The van der Waals surface area contributed by atoms with Gasteiger partial charge in [-0.2, -0.15) is 0 Å². The zero-order valence-corrected chi connectivity index (χ0v) is 19.5. The van der Waals surface area contributed by atoms with Crippen LogP contribution in [0.3, 0.4) is 0 Å². The number of sulfonamides is 1. The molecule has 3 saturated carbocycles. The van der Waals surface area contributed by atoms with Gasteiger partial charge in [-0.1, -0.05) is 0 Å². The lowest BCUT2D eigenvalue weighted by Gasteiger charge is -2.34. The Kier molecular flexibility index (Phi) is 6.30. The largest absolute Gasteiger partial charge is 0.377 e. The highest BCUT2D eigenvalue weighted by molar-refractivity contribution is 7.88. The predicted octanol–water partition coefficient (Wildman–Crippen LogP) is 1.55. The molecule has 3 fully saturated rings. The maximum Gasteiger partial charge on any atom is 0.254 e. The van der Waals surface area contributed by atoms with Gasteiger partial charge in [-0.3, -0.25) is 9.63 Å². The molecule has 0 aromatic carbocycles. The highest BCUT2D eigenvalue weighted by atomic mass is 32.2. The Bertz CT molecular complexity index is 961. The van der Waals surface area contributed by atoms with Gasteiger partial charge in [0.1, 0.15) is 5.82 Å². The molecule has 3 aliphatic carbocycles. The smallest absolute Gasteiger partial charge is 0.254 e. The van der Waals surface area contributed by atoms with E-state index in [4.69, 9.17) is 9.57 Å². The lowest BCUT2D eigenvalue weighted by molar-refractivity contribution is -0.185. The second-order valence-electron chi connectivity index (χ2n) is 9.58. The second kappa shape index (κ2) is 8.58. The molecule has 11 heteroatoms. The number of rotatable bonds is 8. The predicted molar refractivity (Wildman–Crippen MR) is 113 cm³/mol. The summed E-state index contributed by atoms with van der Waals surface area (Å²) in [5.41, 5.74) is -0.902. The Morgan fingerprint density at radius 1 is 1.28 bits per heavy atom. The Hall–Kier alpha value is -1.69. The van der Waals surface area contributed by atoms with Crippen LogP contribution in [0, 0.1) is 17.2 Å². The van der Waals surface area contributed by atoms with Gasteiger partial charge in [0.05, 0.1) is 43.9 Å². The lowest BCUT2D eigenvalue weighted by atomic mass is 9.84. The molecule has 1 heterocycles. The molecule has 1 aromatic heterocycles. The topological polar surface area (TPSA) is 111 Å². The standard InChI is InChI=1S/C21H31FN4O5S/c1-26(30-2)19(27)20(6-4-16(10-20)25-32(3,28)29)13-31-17-5-7-21(9-14(21)8-17)18-23-11-15(22)12-24-18/h11-12,14,16-17,25H,4-10,13H2,1-3H3/t14?,16-,17?,20-,21?/m0/s1. The third-order valence-electron chi connectivity index (χ3n) is 7.36. The van der Waals surface area contributed by atoms with Crippen molar-refractivity contribution in [3.63, 3.8) is 0 Å². The van der Waals surface area contributed by atoms with E-state index >= 15 is 0 Å². The average molecular weight is 471 g/mol. The number of carbonyl (C=O) groups excluding carboxylic acids is 1. The summed E-state index contributed by atoms with van der Waals surface area (Å²) < 4.78 is 45.4. The SMILES string of the molecule is CON(C)C(=O)[C@@]1(COC2CCC3(c4ncc(F)cn4)CC3C2)CC[C@H](NS(C)(=O)=O)C1. The summed E-state index contributed by atoms with van der Waals surface area (Å²) in [5, 5.41) is 1.20. The molecule has 32 heavy (non-hydrogen) atoms. The van der Waals surface area contributed by atoms with Crippen molar-refractivity contribution in [2.45, 2.75) is 62.5 Å². The van der Waals surface area contributed by atoms with Crippen molar-refractivity contribution in [2.75, 3.05) is 27.0 Å². The lowest BCUT2D eigenvalue weighted by Crippen LogP contribution is -2.45. The molecule has 1 aromatic rings. The molecule has 0 radical (unpaired) electrons. The van der Waals surface area contributed by atoms with E-state index in [0.717, 1.165) is 31.9 Å². The van der Waals surface area contributed by atoms with Gasteiger partial charge in [0.2, 0.25) is 10.0 Å². The van der Waals surface area contributed by atoms with Crippen molar-refractivity contribution >= 4 is 15.9 Å². The zero-order chi connectivity index (χ0) is 23.1. The number of fused-ring (bicyclic) bond motifs is 1. The van der Waals surface area contributed by atoms with E-state index < -0.39 is 21.3 Å². The number of nitrogens with one attached hydrogen (secondary N) is 1. The van der Waals surface area contributed by atoms with Gasteiger partial charge in [-0.15, -0.1) is 0 Å². The molecular weight excluding hydrogens is 439 g/mol. The first-order chi connectivity index (χ1) is 15.1. The van der Waals surface area contributed by atoms with Gasteiger partial charge < -0.3 is 4.74 Å². The van der Waals surface area contributed by atoms with Crippen LogP contribution < -0.4 is 4.72 Å². The van der Waals surface area contributed by atoms with Crippen LogP contribution in [0.4, 0.5) is 4.39 Å². The van der Waals surface area contributed by atoms with Gasteiger partial charge in [-0.25, -0.2) is 32.6 Å². The van der Waals surface area contributed by atoms with Crippen molar-refractivity contribution in [3.05, 3.63) is 24.0 Å². The van der Waals surface area contributed by atoms with Crippen LogP contribution in [0.5, 0.6) is 0 Å². The maximum atomic E-state index is 13.2. The summed E-state index contributed by atoms with van der Waals surface area (Å²) in [6.45, 7) is 0.221. The molecule has 1 N–H and O–H groups in total. The Balaban J connectivity index is 1.39. The minimum atomic E-state index is -3.36. The van der Waals surface area contributed by atoms with E-state index in [2.05, 4.69) is 14.7 Å². The van der Waals surface area contributed by atoms with E-state index in [1.807, 2.05) is 0 Å². The Morgan fingerprint density at radius 2 is 2.00 bits per heavy atom. The van der Waals surface area contributed by atoms with Crippen molar-refractivity contribution in [1.82, 2.24) is 19.8 Å². The van der Waals surface area contributed by atoms with E-state index in [0.29, 0.717) is 31.0 Å². The molecule has 0 aliphatic heterocycles. The fourth-order valence-electron chi connectivity index (χ4n) is 5.57. The first-order valence-electron chi connectivity index (χ1n) is 11.0. The minimum absolute atomic E-state index is 0.00974. The highest BCUT2D eigenvalue weighted by Crippen LogP contribution is 2.61. The number of hydroxylamine groups is 2. The maximum absolute atomic E-state index is 13.2. The number of halogens is 1. The molecular formula is C21H31FN4O5S. The zero-order valence-electron chi connectivity index (χ0n) is 18.7. The molecule has 3 unspecified atom stereocenters. The molecule has 3 aliphatic rings. The van der Waals surface area contributed by atoms with Gasteiger partial charge in [0, 0.05) is 18.5 Å². The van der Waals surface area contributed by atoms with E-state index in [1.54, 1.807) is 7.05 Å². The Morgan fingerprint density at radius 3 is 2.62 bits per heavy atom. The van der Waals surface area contributed by atoms with Crippen LogP contribution in [-0.4, -0.2) is 68.5 Å². The van der Waals surface area contributed by atoms with E-state index in [1.165, 1.54) is 24.6 Å². The third kappa shape index (κ3) is 4.66. The van der Waals surface area contributed by atoms with Crippen molar-refractivity contribution in [3.8, 4) is 0 Å². The van der Waals surface area contributed by atoms with Crippen molar-refractivity contribution in [1.29, 1.82) is 0 Å². The number of nitrogens with zero attached hydrogens (tertiary/aromatic N) is 3. The molecule has 0 saturated heterocycles. The quantitative estimate of drug-likeness (QED) is 0.574. The van der Waals surface area contributed by atoms with Crippen LogP contribution in [0.25, 0.3) is 0 Å². The number of carbonyl (C=O) groups is 1. The fourth-order valence-corrected chi connectivity index (χ4v) is 6.37. The van der Waals surface area contributed by atoms with Crippen molar-refractivity contribution < 1.29 is 27.2 Å². The average Bonchev–Trinajstić information content (AvgIpc) is 3.35. The summed E-state index contributed by atoms with van der Waals surface area (Å²) in [6.07, 6.45) is 8.53. The van der Waals surface area contributed by atoms with Crippen LogP contribution in [0.1, 0.15) is 50.8 Å². The molecule has 0 spiro atoms. The summed E-state index contributed by atoms with van der Waals surface area (Å²) in [4.78, 5) is 26.6. The van der Waals surface area contributed by atoms with Crippen LogP contribution in [-0.2, 0) is 29.8 Å². The number of aromatic nitrogens is 2. The number of amides is 1. The van der Waals surface area contributed by atoms with E-state index in [-0.39, 0.29) is 30.1 Å². The molecule has 1 amide bonds. The Labute approximate surface area is 188 Å². The number of hydrogen-bond acceptors (Lipinski definition) is 7. The summed E-state index contributed by atoms with van der Waals surface area (Å²) in [7, 11) is -0.376. The van der Waals surface area contributed by atoms with Gasteiger partial charge >= 0.3 is 0 Å². The molecule has 4 rings (SSSR count). The monoisotopic (exact) mass is 470 g/mol. The molecule has 0 bridgehead atoms. The molecule has 5 atom stereocenters. The summed E-state index contributed by atoms with van der Waals surface area (Å²) in [5.74, 6) is 0.467. The normalized spacial score (nSPS) is 34.2. The minimum Gasteiger partial charge on any atom is -0.377 e. The van der Waals surface area contributed by atoms with Crippen LogP contribution in [0.15, 0.2) is 12.4 Å². The molecule has 9 nitrogen and oxygen atoms in total. The second-order valence-corrected chi connectivity index (χ2v) is 11.4. The number of ether oxygens (including phenoxy) is 1. The third-order valence-corrected chi connectivity index (χ3v) is 8.12. The fraction of sp³-hybridized carbons (Fsp3) is 0.762. The molecule has 178 valence electrons. The van der Waals surface area contributed by atoms with Crippen LogP contribution >= 0.6 is 0 Å². The van der Waals surface area contributed by atoms with Gasteiger partial charge in [-0.05, 0) is 50.9 Å². The van der Waals surface area contributed by atoms with Gasteiger partial charge in [0.15, 0.2) is 5.82 Å². The van der Waals surface area contributed by atoms with Gasteiger partial charge in [0.25, 0.3) is 5.91 Å². The van der Waals surface area contributed by atoms with Crippen LogP contribution in [0.2, 0.25) is 0 Å². The van der Waals surface area contributed by atoms with Crippen molar-refractivity contribution in [2.24, 2.45) is 11.3 Å². The summed E-state index contributed by atoms with van der Waals surface area (Å²) in [6, 6.07) is -0.305. The summed E-state index contributed by atoms with van der Waals surface area (Å²) >= 11 is 0. The first-order valence-corrected chi connectivity index (χ1v) is 12.9.